The van der Waals surface area contributed by atoms with Crippen LogP contribution in [0.2, 0.25) is 0 Å². The summed E-state index contributed by atoms with van der Waals surface area (Å²) in [5.41, 5.74) is 0.881. The van der Waals surface area contributed by atoms with E-state index in [0.717, 1.165) is 18.5 Å². The molecule has 2 rings (SSSR count). The quantitative estimate of drug-likeness (QED) is 0.595. The molecule has 1 saturated carbocycles. The van der Waals surface area contributed by atoms with Crippen molar-refractivity contribution < 1.29 is 0 Å². The second kappa shape index (κ2) is 2.19. The van der Waals surface area contributed by atoms with Gasteiger partial charge in [0.05, 0.1) is 6.33 Å². The average Bonchev–Trinajstić information content (AvgIpc) is 2.70. The van der Waals surface area contributed by atoms with Gasteiger partial charge in [-0.15, -0.1) is 0 Å². The Balaban J connectivity index is 2.48. The van der Waals surface area contributed by atoms with Crippen molar-refractivity contribution in [2.24, 2.45) is 0 Å². The van der Waals surface area contributed by atoms with Crippen molar-refractivity contribution in [2.45, 2.75) is 25.8 Å². The highest BCUT2D eigenvalue weighted by Gasteiger charge is 2.24. The highest BCUT2D eigenvalue weighted by molar-refractivity contribution is 4.99. The number of rotatable bonds is 1. The summed E-state index contributed by atoms with van der Waals surface area (Å²) in [6.45, 7) is 1.83. The van der Waals surface area contributed by atoms with E-state index in [1.165, 1.54) is 0 Å². The molecule has 0 saturated heterocycles. The van der Waals surface area contributed by atoms with Crippen molar-refractivity contribution in [3.05, 3.63) is 28.4 Å². The molecule has 0 unspecified atom stereocenters. The van der Waals surface area contributed by atoms with Crippen LogP contribution in [-0.4, -0.2) is 9.55 Å². The fourth-order valence-electron chi connectivity index (χ4n) is 1.13. The van der Waals surface area contributed by atoms with Crippen molar-refractivity contribution in [1.29, 1.82) is 0 Å². The van der Waals surface area contributed by atoms with Crippen LogP contribution in [0.4, 0.5) is 0 Å². The van der Waals surface area contributed by atoms with Crippen LogP contribution in [0.1, 0.15) is 24.6 Å². The number of hydrogen-bond donors (Lipinski definition) is 0. The zero-order valence-corrected chi connectivity index (χ0v) is 6.45. The summed E-state index contributed by atoms with van der Waals surface area (Å²) in [6, 6.07) is 2.02. The molecule has 0 amide bonds. The van der Waals surface area contributed by atoms with Crippen LogP contribution in [-0.2, 0) is 0 Å². The van der Waals surface area contributed by atoms with E-state index >= 15 is 0 Å². The van der Waals surface area contributed by atoms with Gasteiger partial charge in [0.1, 0.15) is 0 Å². The minimum Gasteiger partial charge on any atom is -0.296 e. The molecule has 1 aromatic rings. The molecule has 0 spiro atoms. The molecule has 0 bridgehead atoms. The van der Waals surface area contributed by atoms with Crippen LogP contribution in [0.15, 0.2) is 17.2 Å². The first-order chi connectivity index (χ1) is 5.27. The maximum absolute atomic E-state index is 11.2. The zero-order chi connectivity index (χ0) is 7.84. The van der Waals surface area contributed by atoms with E-state index < -0.39 is 0 Å². The second-order valence-corrected chi connectivity index (χ2v) is 3.01. The molecule has 0 radical (unpaired) electrons. The van der Waals surface area contributed by atoms with Gasteiger partial charge in [-0.3, -0.25) is 9.36 Å². The number of nitrogens with zero attached hydrogens (tertiary/aromatic N) is 2. The van der Waals surface area contributed by atoms with E-state index in [-0.39, 0.29) is 5.56 Å². The first-order valence-electron chi connectivity index (χ1n) is 3.82. The molecule has 1 heterocycles. The van der Waals surface area contributed by atoms with E-state index in [0.29, 0.717) is 6.04 Å². The van der Waals surface area contributed by atoms with Gasteiger partial charge in [0.25, 0.3) is 5.56 Å². The van der Waals surface area contributed by atoms with Gasteiger partial charge in [-0.1, -0.05) is 0 Å². The van der Waals surface area contributed by atoms with Crippen molar-refractivity contribution in [3.63, 3.8) is 0 Å². The highest BCUT2D eigenvalue weighted by Crippen LogP contribution is 2.32. The Labute approximate surface area is 64.7 Å². The molecular formula is C8H10N2O. The molecule has 1 fully saturated rings. The third-order valence-electron chi connectivity index (χ3n) is 1.91. The van der Waals surface area contributed by atoms with Crippen LogP contribution < -0.4 is 5.56 Å². The fraction of sp³-hybridized carbons (Fsp3) is 0.500. The van der Waals surface area contributed by atoms with Crippen molar-refractivity contribution in [3.8, 4) is 0 Å². The standard InChI is InChI=1S/C8H10N2O/c1-6-4-8(11)10(5-9-6)7-2-3-7/h4-5,7H,2-3H2,1H3. The van der Waals surface area contributed by atoms with Crippen molar-refractivity contribution in [1.82, 2.24) is 9.55 Å². The summed E-state index contributed by atoms with van der Waals surface area (Å²) in [7, 11) is 0. The first-order valence-corrected chi connectivity index (χ1v) is 3.82. The molecule has 1 aliphatic rings. The maximum Gasteiger partial charge on any atom is 0.253 e. The molecule has 1 aliphatic carbocycles. The van der Waals surface area contributed by atoms with E-state index in [9.17, 15) is 4.79 Å². The molecule has 58 valence electrons. The summed E-state index contributed by atoms with van der Waals surface area (Å²) in [4.78, 5) is 15.3. The molecule has 3 heteroatoms. The number of hydrogen-bond acceptors (Lipinski definition) is 2. The smallest absolute Gasteiger partial charge is 0.253 e. The van der Waals surface area contributed by atoms with E-state index in [1.54, 1.807) is 17.0 Å². The largest absolute Gasteiger partial charge is 0.296 e. The van der Waals surface area contributed by atoms with Gasteiger partial charge in [-0.2, -0.15) is 0 Å². The Morgan fingerprint density at radius 1 is 1.64 bits per heavy atom. The predicted octanol–water partition coefficient (Wildman–Crippen LogP) is 0.887. The monoisotopic (exact) mass is 150 g/mol. The third kappa shape index (κ3) is 1.18. The van der Waals surface area contributed by atoms with Crippen LogP contribution in [0, 0.1) is 6.92 Å². The topological polar surface area (TPSA) is 34.9 Å². The minimum atomic E-state index is 0.0833. The zero-order valence-electron chi connectivity index (χ0n) is 6.45. The summed E-state index contributed by atoms with van der Waals surface area (Å²) in [5.74, 6) is 0. The van der Waals surface area contributed by atoms with Crippen LogP contribution in [0.25, 0.3) is 0 Å². The van der Waals surface area contributed by atoms with Gasteiger partial charge >= 0.3 is 0 Å². The normalized spacial score (nSPS) is 16.8. The van der Waals surface area contributed by atoms with Gasteiger partial charge in [-0.05, 0) is 19.8 Å². The van der Waals surface area contributed by atoms with Gasteiger partial charge in [0.15, 0.2) is 0 Å². The summed E-state index contributed by atoms with van der Waals surface area (Å²) in [6.07, 6.45) is 3.91. The molecular weight excluding hydrogens is 140 g/mol. The summed E-state index contributed by atoms with van der Waals surface area (Å²) >= 11 is 0. The van der Waals surface area contributed by atoms with Crippen LogP contribution in [0.5, 0.6) is 0 Å². The Kier molecular flexibility index (Phi) is 1.31. The van der Waals surface area contributed by atoms with Crippen molar-refractivity contribution >= 4 is 0 Å². The number of aromatic nitrogens is 2. The molecule has 1 aromatic heterocycles. The lowest BCUT2D eigenvalue weighted by Crippen LogP contribution is -2.18. The van der Waals surface area contributed by atoms with Gasteiger partial charge < -0.3 is 0 Å². The molecule has 3 nitrogen and oxygen atoms in total. The maximum atomic E-state index is 11.2. The van der Waals surface area contributed by atoms with E-state index in [2.05, 4.69) is 4.98 Å². The Bertz CT molecular complexity index is 325. The first kappa shape index (κ1) is 6.58. The lowest BCUT2D eigenvalue weighted by molar-refractivity contribution is 0.683. The molecule has 0 atom stereocenters. The lowest BCUT2D eigenvalue weighted by atomic mass is 10.4. The Morgan fingerprint density at radius 3 is 2.91 bits per heavy atom. The molecule has 0 N–H and O–H groups in total. The van der Waals surface area contributed by atoms with Crippen LogP contribution in [0.3, 0.4) is 0 Å². The summed E-state index contributed by atoms with van der Waals surface area (Å²) < 4.78 is 1.72. The SMILES string of the molecule is Cc1cc(=O)n(C2CC2)cn1. The summed E-state index contributed by atoms with van der Waals surface area (Å²) in [5, 5.41) is 0. The third-order valence-corrected chi connectivity index (χ3v) is 1.91. The molecule has 11 heavy (non-hydrogen) atoms. The van der Waals surface area contributed by atoms with Crippen molar-refractivity contribution in [2.75, 3.05) is 0 Å². The Hall–Kier alpha value is -1.12. The Morgan fingerprint density at radius 2 is 2.36 bits per heavy atom. The molecule has 0 aromatic carbocycles. The van der Waals surface area contributed by atoms with E-state index in [4.69, 9.17) is 0 Å². The highest BCUT2D eigenvalue weighted by atomic mass is 16.1. The van der Waals surface area contributed by atoms with Gasteiger partial charge in [0, 0.05) is 17.8 Å². The predicted molar refractivity (Wildman–Crippen MR) is 41.5 cm³/mol. The number of aryl methyl sites for hydroxylation is 1. The average molecular weight is 150 g/mol. The van der Waals surface area contributed by atoms with Gasteiger partial charge in [-0.25, -0.2) is 4.98 Å². The van der Waals surface area contributed by atoms with E-state index in [1.807, 2.05) is 6.92 Å². The fourth-order valence-corrected chi connectivity index (χ4v) is 1.13. The molecule has 0 aliphatic heterocycles. The second-order valence-electron chi connectivity index (χ2n) is 3.01. The lowest BCUT2D eigenvalue weighted by Gasteiger charge is -2.00. The minimum absolute atomic E-state index is 0.0833. The van der Waals surface area contributed by atoms with Crippen LogP contribution >= 0.6 is 0 Å². The van der Waals surface area contributed by atoms with Gasteiger partial charge in [0.2, 0.25) is 0 Å².